The van der Waals surface area contributed by atoms with Crippen LogP contribution in [0.5, 0.6) is 0 Å². The van der Waals surface area contributed by atoms with Gasteiger partial charge in [-0.3, -0.25) is 0 Å². The van der Waals surface area contributed by atoms with Gasteiger partial charge in [0.1, 0.15) is 5.82 Å². The summed E-state index contributed by atoms with van der Waals surface area (Å²) in [6.07, 6.45) is 6.04. The zero-order chi connectivity index (χ0) is 12.3. The van der Waals surface area contributed by atoms with E-state index in [0.717, 1.165) is 25.1 Å². The van der Waals surface area contributed by atoms with E-state index >= 15 is 0 Å². The van der Waals surface area contributed by atoms with Crippen molar-refractivity contribution in [2.24, 2.45) is 5.92 Å². The Morgan fingerprint density at radius 1 is 1.59 bits per heavy atom. The van der Waals surface area contributed by atoms with E-state index in [1.54, 1.807) is 6.20 Å². The number of nitrogen functional groups attached to an aromatic ring is 1. The molecule has 4 N–H and O–H groups in total. The number of nitrogens with one attached hydrogen (secondary N) is 1. The summed E-state index contributed by atoms with van der Waals surface area (Å²) < 4.78 is 0. The normalized spacial score (nSPS) is 28.9. The van der Waals surface area contributed by atoms with Crippen molar-refractivity contribution in [2.45, 2.75) is 38.1 Å². The Morgan fingerprint density at radius 3 is 3.00 bits per heavy atom. The fourth-order valence-corrected chi connectivity index (χ4v) is 2.71. The molecule has 0 spiro atoms. The smallest absolute Gasteiger partial charge is 0.126 e. The van der Waals surface area contributed by atoms with Crippen LogP contribution in [-0.2, 0) is 0 Å². The van der Waals surface area contributed by atoms with Crippen LogP contribution < -0.4 is 11.1 Å². The van der Waals surface area contributed by atoms with Gasteiger partial charge in [0.05, 0.1) is 24.0 Å². The Kier molecular flexibility index (Phi) is 3.52. The Labute approximate surface area is 102 Å². The van der Waals surface area contributed by atoms with Crippen molar-refractivity contribution >= 4 is 11.5 Å². The summed E-state index contributed by atoms with van der Waals surface area (Å²) in [4.78, 5) is 4.24. The van der Waals surface area contributed by atoms with Crippen molar-refractivity contribution < 1.29 is 5.11 Å². The lowest BCUT2D eigenvalue weighted by molar-refractivity contribution is 0.149. The van der Waals surface area contributed by atoms with E-state index in [1.807, 2.05) is 12.1 Å². The number of aliphatic hydroxyl groups is 1. The van der Waals surface area contributed by atoms with E-state index in [4.69, 9.17) is 5.73 Å². The predicted molar refractivity (Wildman–Crippen MR) is 69.7 cm³/mol. The van der Waals surface area contributed by atoms with Crippen molar-refractivity contribution in [3.63, 3.8) is 0 Å². The molecule has 4 heteroatoms. The van der Waals surface area contributed by atoms with Crippen LogP contribution in [0.1, 0.15) is 32.6 Å². The first-order valence-electron chi connectivity index (χ1n) is 6.24. The zero-order valence-electron chi connectivity index (χ0n) is 10.3. The standard InChI is InChI=1S/C13H21N3O/c1-10-3-2-6-13(7-10,9-17)16-12-5-4-11(14)8-15-12/h4-5,8,10,17H,2-3,6-7,9,14H2,1H3,(H,15,16). The van der Waals surface area contributed by atoms with E-state index in [0.29, 0.717) is 11.6 Å². The molecule has 2 atom stereocenters. The number of hydrogen-bond donors (Lipinski definition) is 3. The second kappa shape index (κ2) is 4.92. The van der Waals surface area contributed by atoms with Crippen molar-refractivity contribution in [1.29, 1.82) is 0 Å². The molecule has 1 aromatic rings. The van der Waals surface area contributed by atoms with Crippen LogP contribution in [0.4, 0.5) is 11.5 Å². The maximum Gasteiger partial charge on any atom is 0.126 e. The summed E-state index contributed by atoms with van der Waals surface area (Å²) in [5, 5.41) is 13.0. The maximum atomic E-state index is 9.66. The first-order valence-corrected chi connectivity index (χ1v) is 6.24. The van der Waals surface area contributed by atoms with Gasteiger partial charge in [0.2, 0.25) is 0 Å². The van der Waals surface area contributed by atoms with E-state index in [1.165, 1.54) is 6.42 Å². The second-order valence-corrected chi connectivity index (χ2v) is 5.24. The van der Waals surface area contributed by atoms with Crippen LogP contribution in [0.15, 0.2) is 18.3 Å². The van der Waals surface area contributed by atoms with Crippen LogP contribution in [0, 0.1) is 5.92 Å². The molecule has 0 bridgehead atoms. The number of hydrogen-bond acceptors (Lipinski definition) is 4. The summed E-state index contributed by atoms with van der Waals surface area (Å²) >= 11 is 0. The summed E-state index contributed by atoms with van der Waals surface area (Å²) in [5.41, 5.74) is 6.06. The maximum absolute atomic E-state index is 9.66. The third-order valence-electron chi connectivity index (χ3n) is 3.57. The van der Waals surface area contributed by atoms with Crippen molar-refractivity contribution in [2.75, 3.05) is 17.7 Å². The lowest BCUT2D eigenvalue weighted by Gasteiger charge is -2.39. The summed E-state index contributed by atoms with van der Waals surface area (Å²) in [6.45, 7) is 2.39. The topological polar surface area (TPSA) is 71.2 Å². The zero-order valence-corrected chi connectivity index (χ0v) is 10.3. The highest BCUT2D eigenvalue weighted by molar-refractivity contribution is 5.45. The van der Waals surface area contributed by atoms with E-state index in [-0.39, 0.29) is 12.1 Å². The van der Waals surface area contributed by atoms with Gasteiger partial charge in [0, 0.05) is 0 Å². The molecule has 0 aliphatic heterocycles. The summed E-state index contributed by atoms with van der Waals surface area (Å²) in [5.74, 6) is 1.44. The number of nitrogens with zero attached hydrogens (tertiary/aromatic N) is 1. The first-order chi connectivity index (χ1) is 8.13. The van der Waals surface area contributed by atoms with E-state index in [2.05, 4.69) is 17.2 Å². The molecule has 1 aliphatic carbocycles. The highest BCUT2D eigenvalue weighted by Crippen LogP contribution is 2.34. The van der Waals surface area contributed by atoms with Crippen LogP contribution in [0.3, 0.4) is 0 Å². The minimum atomic E-state index is -0.208. The molecule has 2 rings (SSSR count). The molecule has 1 aromatic heterocycles. The molecule has 0 radical (unpaired) electrons. The molecule has 0 aromatic carbocycles. The van der Waals surface area contributed by atoms with Crippen LogP contribution in [0.2, 0.25) is 0 Å². The minimum absolute atomic E-state index is 0.156. The highest BCUT2D eigenvalue weighted by atomic mass is 16.3. The average Bonchev–Trinajstić information content (AvgIpc) is 2.32. The number of aromatic nitrogens is 1. The SMILES string of the molecule is CC1CCCC(CO)(Nc2ccc(N)cn2)C1. The van der Waals surface area contributed by atoms with Crippen LogP contribution in [-0.4, -0.2) is 22.2 Å². The Bertz CT molecular complexity index is 365. The quantitative estimate of drug-likeness (QED) is 0.749. The van der Waals surface area contributed by atoms with Gasteiger partial charge >= 0.3 is 0 Å². The Balaban J connectivity index is 2.10. The molecule has 94 valence electrons. The van der Waals surface area contributed by atoms with Gasteiger partial charge in [0.15, 0.2) is 0 Å². The highest BCUT2D eigenvalue weighted by Gasteiger charge is 2.34. The molecule has 17 heavy (non-hydrogen) atoms. The number of nitrogens with two attached hydrogens (primary N) is 1. The molecule has 2 unspecified atom stereocenters. The van der Waals surface area contributed by atoms with Crippen molar-refractivity contribution in [3.05, 3.63) is 18.3 Å². The predicted octanol–water partition coefficient (Wildman–Crippen LogP) is 2.02. The van der Waals surface area contributed by atoms with Gasteiger partial charge in [-0.2, -0.15) is 0 Å². The minimum Gasteiger partial charge on any atom is -0.397 e. The number of pyridine rings is 1. The fraction of sp³-hybridized carbons (Fsp3) is 0.615. The van der Waals surface area contributed by atoms with Crippen LogP contribution >= 0.6 is 0 Å². The molecular formula is C13H21N3O. The number of aliphatic hydroxyl groups excluding tert-OH is 1. The largest absolute Gasteiger partial charge is 0.397 e. The third kappa shape index (κ3) is 2.88. The van der Waals surface area contributed by atoms with Crippen molar-refractivity contribution in [1.82, 2.24) is 4.98 Å². The van der Waals surface area contributed by atoms with Crippen molar-refractivity contribution in [3.8, 4) is 0 Å². The lowest BCUT2D eigenvalue weighted by Crippen LogP contribution is -2.46. The van der Waals surface area contributed by atoms with Gasteiger partial charge in [-0.25, -0.2) is 4.98 Å². The van der Waals surface area contributed by atoms with Crippen LogP contribution in [0.25, 0.3) is 0 Å². The second-order valence-electron chi connectivity index (χ2n) is 5.24. The lowest BCUT2D eigenvalue weighted by atomic mass is 9.77. The van der Waals surface area contributed by atoms with Gasteiger partial charge < -0.3 is 16.2 Å². The van der Waals surface area contributed by atoms with Gasteiger partial charge in [-0.05, 0) is 30.9 Å². The van der Waals surface area contributed by atoms with Gasteiger partial charge in [0.25, 0.3) is 0 Å². The molecule has 4 nitrogen and oxygen atoms in total. The molecule has 1 fully saturated rings. The molecule has 1 saturated carbocycles. The monoisotopic (exact) mass is 235 g/mol. The third-order valence-corrected chi connectivity index (χ3v) is 3.57. The molecule has 0 saturated heterocycles. The van der Waals surface area contributed by atoms with Gasteiger partial charge in [-0.15, -0.1) is 0 Å². The average molecular weight is 235 g/mol. The van der Waals surface area contributed by atoms with Gasteiger partial charge in [-0.1, -0.05) is 19.8 Å². The summed E-state index contributed by atoms with van der Waals surface area (Å²) in [6, 6.07) is 3.69. The van der Waals surface area contributed by atoms with E-state index < -0.39 is 0 Å². The number of anilines is 2. The first kappa shape index (κ1) is 12.2. The number of rotatable bonds is 3. The summed E-state index contributed by atoms with van der Waals surface area (Å²) in [7, 11) is 0. The molecule has 1 heterocycles. The Hall–Kier alpha value is -1.29. The van der Waals surface area contributed by atoms with E-state index in [9.17, 15) is 5.11 Å². The molecule has 0 amide bonds. The fourth-order valence-electron chi connectivity index (χ4n) is 2.71. The Morgan fingerprint density at radius 2 is 2.41 bits per heavy atom. The molecule has 1 aliphatic rings. The molecular weight excluding hydrogens is 214 g/mol.